The van der Waals surface area contributed by atoms with Crippen molar-refractivity contribution in [2.75, 3.05) is 10.0 Å². The lowest BCUT2D eigenvalue weighted by Gasteiger charge is -2.10. The van der Waals surface area contributed by atoms with Gasteiger partial charge in [-0.2, -0.15) is 5.10 Å². The largest absolute Gasteiger partial charge is 0.339 e. The van der Waals surface area contributed by atoms with Crippen LogP contribution in [0.5, 0.6) is 0 Å². The molecule has 2 N–H and O–H groups in total. The third-order valence-corrected chi connectivity index (χ3v) is 6.45. The minimum atomic E-state index is -3.81. The molecule has 0 atom stereocenters. The molecule has 0 amide bonds. The molecule has 2 heterocycles. The van der Waals surface area contributed by atoms with Crippen LogP contribution in [0.3, 0.4) is 0 Å². The van der Waals surface area contributed by atoms with Gasteiger partial charge < -0.3 is 5.32 Å². The summed E-state index contributed by atoms with van der Waals surface area (Å²) >= 11 is 0. The smallest absolute Gasteiger partial charge is 0.261 e. The first kappa shape index (κ1) is 21.4. The summed E-state index contributed by atoms with van der Waals surface area (Å²) in [6.07, 6.45) is 0. The van der Waals surface area contributed by atoms with E-state index in [1.54, 1.807) is 35.0 Å². The predicted octanol–water partition coefficient (Wildman–Crippen LogP) is 4.27. The van der Waals surface area contributed by atoms with Crippen LogP contribution < -0.4 is 10.0 Å². The number of rotatable bonds is 6. The van der Waals surface area contributed by atoms with Crippen molar-refractivity contribution in [2.45, 2.75) is 25.7 Å². The first-order valence-electron chi connectivity index (χ1n) is 9.75. The molecule has 0 fully saturated rings. The normalized spacial score (nSPS) is 11.4. The van der Waals surface area contributed by atoms with Crippen molar-refractivity contribution in [2.24, 2.45) is 0 Å². The van der Waals surface area contributed by atoms with E-state index in [4.69, 9.17) is 0 Å². The standard InChI is InChI=1S/C22H21FN6O2S/c1-14-15(2)27-29(16(14)3)22-13-12-21(25-26-22)24-18-6-8-19(9-7-18)28-32(30,31)20-10-4-17(23)5-11-20/h4-13,28H,1-3H3,(H,24,25). The van der Waals surface area contributed by atoms with E-state index in [0.29, 0.717) is 23.0 Å². The lowest BCUT2D eigenvalue weighted by atomic mass is 10.2. The zero-order valence-electron chi connectivity index (χ0n) is 17.7. The zero-order valence-corrected chi connectivity index (χ0v) is 18.5. The molecule has 0 radical (unpaired) electrons. The van der Waals surface area contributed by atoms with Crippen molar-refractivity contribution in [1.29, 1.82) is 0 Å². The molecular weight excluding hydrogens is 431 g/mol. The van der Waals surface area contributed by atoms with E-state index in [2.05, 4.69) is 25.3 Å². The zero-order chi connectivity index (χ0) is 22.9. The Balaban J connectivity index is 1.44. The molecule has 4 aromatic rings. The van der Waals surface area contributed by atoms with Crippen LogP contribution in [0.15, 0.2) is 65.6 Å². The van der Waals surface area contributed by atoms with Crippen LogP contribution in [0, 0.1) is 26.6 Å². The molecule has 2 aromatic carbocycles. The van der Waals surface area contributed by atoms with Crippen molar-refractivity contribution >= 4 is 27.2 Å². The lowest BCUT2D eigenvalue weighted by Crippen LogP contribution is -2.12. The molecular formula is C22H21FN6O2S. The maximum atomic E-state index is 13.0. The molecule has 0 aliphatic rings. The van der Waals surface area contributed by atoms with Crippen LogP contribution in [0.25, 0.3) is 5.82 Å². The van der Waals surface area contributed by atoms with E-state index in [-0.39, 0.29) is 4.90 Å². The van der Waals surface area contributed by atoms with Crippen LogP contribution >= 0.6 is 0 Å². The molecule has 0 unspecified atom stereocenters. The number of aromatic nitrogens is 4. The van der Waals surface area contributed by atoms with Gasteiger partial charge in [-0.3, -0.25) is 4.72 Å². The van der Waals surface area contributed by atoms with Gasteiger partial charge >= 0.3 is 0 Å². The monoisotopic (exact) mass is 452 g/mol. The second kappa shape index (κ2) is 8.39. The fourth-order valence-corrected chi connectivity index (χ4v) is 4.10. The molecule has 0 bridgehead atoms. The van der Waals surface area contributed by atoms with Gasteiger partial charge in [0.05, 0.1) is 10.6 Å². The first-order chi connectivity index (χ1) is 15.2. The van der Waals surface area contributed by atoms with E-state index >= 15 is 0 Å². The third-order valence-electron chi connectivity index (χ3n) is 5.05. The molecule has 2 aromatic heterocycles. The first-order valence-corrected chi connectivity index (χ1v) is 11.2. The average Bonchev–Trinajstić information content (AvgIpc) is 3.03. The van der Waals surface area contributed by atoms with Gasteiger partial charge in [0, 0.05) is 17.1 Å². The molecule has 4 rings (SSSR count). The number of hydrogen-bond acceptors (Lipinski definition) is 6. The Hall–Kier alpha value is -3.79. The summed E-state index contributed by atoms with van der Waals surface area (Å²) in [6.45, 7) is 5.95. The Morgan fingerprint density at radius 2 is 1.50 bits per heavy atom. The molecule has 32 heavy (non-hydrogen) atoms. The highest BCUT2D eigenvalue weighted by Gasteiger charge is 2.14. The van der Waals surface area contributed by atoms with Gasteiger partial charge in [0.25, 0.3) is 10.0 Å². The minimum absolute atomic E-state index is 0.0192. The van der Waals surface area contributed by atoms with Crippen molar-refractivity contribution in [3.8, 4) is 5.82 Å². The summed E-state index contributed by atoms with van der Waals surface area (Å²) < 4.78 is 42.1. The molecule has 0 saturated heterocycles. The Labute approximate surface area is 185 Å². The van der Waals surface area contributed by atoms with Gasteiger partial charge in [-0.1, -0.05) is 0 Å². The summed E-state index contributed by atoms with van der Waals surface area (Å²) in [7, 11) is -3.81. The van der Waals surface area contributed by atoms with Gasteiger partial charge in [0.2, 0.25) is 0 Å². The van der Waals surface area contributed by atoms with Crippen LogP contribution in [0.4, 0.5) is 21.6 Å². The van der Waals surface area contributed by atoms with Crippen molar-refractivity contribution in [1.82, 2.24) is 20.0 Å². The van der Waals surface area contributed by atoms with Gasteiger partial charge in [0.1, 0.15) is 5.82 Å². The highest BCUT2D eigenvalue weighted by molar-refractivity contribution is 7.92. The van der Waals surface area contributed by atoms with Crippen molar-refractivity contribution in [3.05, 3.63) is 83.4 Å². The molecule has 0 spiro atoms. The number of sulfonamides is 1. The second-order valence-electron chi connectivity index (χ2n) is 7.25. The molecule has 0 saturated carbocycles. The fraction of sp³-hybridized carbons (Fsp3) is 0.136. The second-order valence-corrected chi connectivity index (χ2v) is 8.93. The summed E-state index contributed by atoms with van der Waals surface area (Å²) in [5, 5.41) is 16.0. The Kier molecular flexibility index (Phi) is 5.62. The number of halogens is 1. The number of hydrogen-bond donors (Lipinski definition) is 2. The van der Waals surface area contributed by atoms with Crippen LogP contribution in [0.2, 0.25) is 0 Å². The van der Waals surface area contributed by atoms with Crippen molar-refractivity contribution < 1.29 is 12.8 Å². The Morgan fingerprint density at radius 3 is 2.06 bits per heavy atom. The quantitative estimate of drug-likeness (QED) is 0.453. The summed E-state index contributed by atoms with van der Waals surface area (Å²) in [5.41, 5.74) is 4.15. The molecule has 0 aliphatic carbocycles. The molecule has 164 valence electrons. The molecule has 10 heteroatoms. The van der Waals surface area contributed by atoms with Gasteiger partial charge in [-0.05, 0) is 87.0 Å². The third kappa shape index (κ3) is 4.45. The summed E-state index contributed by atoms with van der Waals surface area (Å²) in [4.78, 5) is -0.0192. The summed E-state index contributed by atoms with van der Waals surface area (Å²) in [6, 6.07) is 14.9. The van der Waals surface area contributed by atoms with E-state index in [1.165, 1.54) is 12.1 Å². The van der Waals surface area contributed by atoms with Gasteiger partial charge in [-0.25, -0.2) is 17.5 Å². The van der Waals surface area contributed by atoms with Crippen LogP contribution in [-0.4, -0.2) is 28.4 Å². The number of aryl methyl sites for hydroxylation is 1. The maximum absolute atomic E-state index is 13.0. The number of nitrogens with one attached hydrogen (secondary N) is 2. The topological polar surface area (TPSA) is 102 Å². The molecule has 8 nitrogen and oxygen atoms in total. The number of benzene rings is 2. The van der Waals surface area contributed by atoms with Crippen molar-refractivity contribution in [3.63, 3.8) is 0 Å². The Bertz CT molecular complexity index is 1350. The lowest BCUT2D eigenvalue weighted by molar-refractivity contribution is 0.599. The Morgan fingerprint density at radius 1 is 0.844 bits per heavy atom. The maximum Gasteiger partial charge on any atom is 0.261 e. The highest BCUT2D eigenvalue weighted by atomic mass is 32.2. The average molecular weight is 453 g/mol. The fourth-order valence-electron chi connectivity index (χ4n) is 3.05. The van der Waals surface area contributed by atoms with Crippen LogP contribution in [-0.2, 0) is 10.0 Å². The van der Waals surface area contributed by atoms with Gasteiger partial charge in [0.15, 0.2) is 11.6 Å². The van der Waals surface area contributed by atoms with Crippen LogP contribution in [0.1, 0.15) is 17.0 Å². The summed E-state index contributed by atoms with van der Waals surface area (Å²) in [5.74, 6) is 0.655. The van der Waals surface area contributed by atoms with E-state index in [0.717, 1.165) is 29.1 Å². The predicted molar refractivity (Wildman–Crippen MR) is 120 cm³/mol. The van der Waals surface area contributed by atoms with Gasteiger partial charge in [-0.15, -0.1) is 10.2 Å². The van der Waals surface area contributed by atoms with E-state index in [1.807, 2.05) is 26.8 Å². The number of nitrogens with zero attached hydrogens (tertiary/aromatic N) is 4. The van der Waals surface area contributed by atoms with E-state index < -0.39 is 15.8 Å². The molecule has 0 aliphatic heterocycles. The minimum Gasteiger partial charge on any atom is -0.339 e. The van der Waals surface area contributed by atoms with E-state index in [9.17, 15) is 12.8 Å². The SMILES string of the molecule is Cc1nn(-c2ccc(Nc3ccc(NS(=O)(=O)c4ccc(F)cc4)cc3)nn2)c(C)c1C. The number of anilines is 3. The highest BCUT2D eigenvalue weighted by Crippen LogP contribution is 2.21.